The minimum Gasteiger partial charge on any atom is -0.495 e. The summed E-state index contributed by atoms with van der Waals surface area (Å²) >= 11 is 7.33. The van der Waals surface area contributed by atoms with Gasteiger partial charge in [-0.25, -0.2) is 17.2 Å². The number of halogens is 4. The lowest BCUT2D eigenvalue weighted by Crippen LogP contribution is -2.14. The van der Waals surface area contributed by atoms with Crippen LogP contribution in [0.4, 0.5) is 14.5 Å². The third-order valence-electron chi connectivity index (χ3n) is 2.71. The molecule has 0 spiro atoms. The van der Waals surface area contributed by atoms with E-state index >= 15 is 0 Å². The minimum absolute atomic E-state index is 0.0968. The smallest absolute Gasteiger partial charge is 0.262 e. The second-order valence-corrected chi connectivity index (χ2v) is 7.29. The number of sulfonamides is 1. The van der Waals surface area contributed by atoms with Crippen molar-refractivity contribution in [1.82, 2.24) is 0 Å². The number of anilines is 1. The van der Waals surface area contributed by atoms with Crippen LogP contribution in [0.5, 0.6) is 5.75 Å². The zero-order chi connectivity index (χ0) is 16.5. The van der Waals surface area contributed by atoms with E-state index in [1.165, 1.54) is 47.9 Å². The zero-order valence-electron chi connectivity index (χ0n) is 11.0. The maximum absolute atomic E-state index is 13.9. The summed E-state index contributed by atoms with van der Waals surface area (Å²) in [7, 11) is -2.68. The first kappa shape index (κ1) is 17.2. The monoisotopic (exact) mass is 459 g/mol. The van der Waals surface area contributed by atoms with E-state index < -0.39 is 21.7 Å². The minimum atomic E-state index is -4.07. The van der Waals surface area contributed by atoms with Crippen molar-refractivity contribution in [3.63, 3.8) is 0 Å². The highest BCUT2D eigenvalue weighted by atomic mass is 127. The van der Waals surface area contributed by atoms with Gasteiger partial charge >= 0.3 is 0 Å². The average Bonchev–Trinajstić information content (AvgIpc) is 2.48. The highest BCUT2D eigenvalue weighted by Crippen LogP contribution is 2.29. The molecule has 0 aliphatic rings. The molecule has 2 aromatic rings. The van der Waals surface area contributed by atoms with Gasteiger partial charge in [0.05, 0.1) is 26.3 Å². The lowest BCUT2D eigenvalue weighted by Gasteiger charge is -2.11. The van der Waals surface area contributed by atoms with Gasteiger partial charge < -0.3 is 4.74 Å². The van der Waals surface area contributed by atoms with E-state index in [0.29, 0.717) is 5.75 Å². The van der Waals surface area contributed by atoms with E-state index in [-0.39, 0.29) is 19.2 Å². The molecule has 22 heavy (non-hydrogen) atoms. The van der Waals surface area contributed by atoms with Crippen molar-refractivity contribution in [2.24, 2.45) is 0 Å². The van der Waals surface area contributed by atoms with Gasteiger partial charge in [-0.3, -0.25) is 4.72 Å². The standard InChI is InChI=1S/C13H9ClF2INO3S/c1-21-11-5-2-7(6-8(11)14)22(19,20)18-10-4-3-9(15)13(17)12(10)16/h2-6,18H,1H3. The third kappa shape index (κ3) is 3.44. The van der Waals surface area contributed by atoms with E-state index in [1.807, 2.05) is 0 Å². The molecule has 0 atom stereocenters. The maximum Gasteiger partial charge on any atom is 0.262 e. The highest BCUT2D eigenvalue weighted by Gasteiger charge is 2.20. The van der Waals surface area contributed by atoms with Crippen molar-refractivity contribution in [2.45, 2.75) is 4.90 Å². The molecule has 118 valence electrons. The first-order valence-electron chi connectivity index (χ1n) is 5.76. The van der Waals surface area contributed by atoms with Crippen LogP contribution in [0.3, 0.4) is 0 Å². The number of nitrogens with one attached hydrogen (secondary N) is 1. The molecule has 0 bridgehead atoms. The fraction of sp³-hybridized carbons (Fsp3) is 0.0769. The lowest BCUT2D eigenvalue weighted by molar-refractivity contribution is 0.414. The molecule has 0 aromatic heterocycles. The van der Waals surface area contributed by atoms with E-state index in [0.717, 1.165) is 12.1 Å². The Balaban J connectivity index is 2.40. The summed E-state index contributed by atoms with van der Waals surface area (Å²) in [4.78, 5) is -0.169. The van der Waals surface area contributed by atoms with E-state index in [1.54, 1.807) is 0 Å². The first-order chi connectivity index (χ1) is 10.3. The highest BCUT2D eigenvalue weighted by molar-refractivity contribution is 14.1. The van der Waals surface area contributed by atoms with Crippen molar-refractivity contribution < 1.29 is 21.9 Å². The van der Waals surface area contributed by atoms with Crippen molar-refractivity contribution >= 4 is 49.9 Å². The van der Waals surface area contributed by atoms with Crippen LogP contribution < -0.4 is 9.46 Å². The van der Waals surface area contributed by atoms with Crippen LogP contribution >= 0.6 is 34.2 Å². The Kier molecular flexibility index (Phi) is 5.13. The zero-order valence-corrected chi connectivity index (χ0v) is 14.8. The SMILES string of the molecule is COc1ccc(S(=O)(=O)Nc2ccc(F)c(I)c2F)cc1Cl. The lowest BCUT2D eigenvalue weighted by atomic mass is 10.3. The topological polar surface area (TPSA) is 55.4 Å². The van der Waals surface area contributed by atoms with Crippen LogP contribution in [0.1, 0.15) is 0 Å². The number of ether oxygens (including phenoxy) is 1. The molecular weight excluding hydrogens is 451 g/mol. The summed E-state index contributed by atoms with van der Waals surface area (Å²) in [5.74, 6) is -1.44. The molecule has 0 fully saturated rings. The quantitative estimate of drug-likeness (QED) is 0.555. The number of hydrogen-bond donors (Lipinski definition) is 1. The molecule has 4 nitrogen and oxygen atoms in total. The molecular formula is C13H9ClF2INO3S. The predicted octanol–water partition coefficient (Wildman–Crippen LogP) is 4.03. The summed E-state index contributed by atoms with van der Waals surface area (Å²) in [6, 6.07) is 5.80. The molecule has 0 heterocycles. The summed E-state index contributed by atoms with van der Waals surface area (Å²) < 4.78 is 58.2. The molecule has 0 aliphatic carbocycles. The Hall–Kier alpha value is -1.13. The van der Waals surface area contributed by atoms with Crippen molar-refractivity contribution in [2.75, 3.05) is 11.8 Å². The van der Waals surface area contributed by atoms with Crippen LogP contribution in [0.2, 0.25) is 5.02 Å². The van der Waals surface area contributed by atoms with E-state index in [9.17, 15) is 17.2 Å². The second kappa shape index (κ2) is 6.55. The third-order valence-corrected chi connectivity index (χ3v) is 5.36. The molecule has 2 rings (SSSR count). The van der Waals surface area contributed by atoms with Gasteiger partial charge in [-0.05, 0) is 52.9 Å². The summed E-state index contributed by atoms with van der Waals surface area (Å²) in [6.45, 7) is 0. The summed E-state index contributed by atoms with van der Waals surface area (Å²) in [5.41, 5.74) is -0.349. The van der Waals surface area contributed by atoms with E-state index in [2.05, 4.69) is 4.72 Å². The van der Waals surface area contributed by atoms with Crippen LogP contribution in [0.15, 0.2) is 35.2 Å². The first-order valence-corrected chi connectivity index (χ1v) is 8.70. The Morgan fingerprint density at radius 3 is 2.50 bits per heavy atom. The van der Waals surface area contributed by atoms with Crippen LogP contribution in [-0.2, 0) is 10.0 Å². The Morgan fingerprint density at radius 1 is 1.23 bits per heavy atom. The van der Waals surface area contributed by atoms with Crippen molar-refractivity contribution in [1.29, 1.82) is 0 Å². The number of hydrogen-bond acceptors (Lipinski definition) is 3. The van der Waals surface area contributed by atoms with Crippen molar-refractivity contribution in [3.05, 3.63) is 50.6 Å². The molecule has 0 saturated heterocycles. The Morgan fingerprint density at radius 2 is 1.91 bits per heavy atom. The van der Waals surface area contributed by atoms with Gasteiger partial charge in [0.1, 0.15) is 11.6 Å². The average molecular weight is 460 g/mol. The molecule has 0 amide bonds. The molecule has 9 heteroatoms. The fourth-order valence-corrected chi connectivity index (χ4v) is 3.50. The van der Waals surface area contributed by atoms with Crippen molar-refractivity contribution in [3.8, 4) is 5.75 Å². The Bertz CT molecular complexity index is 830. The van der Waals surface area contributed by atoms with Crippen LogP contribution in [0.25, 0.3) is 0 Å². The fourth-order valence-electron chi connectivity index (χ4n) is 1.62. The molecule has 0 radical (unpaired) electrons. The molecule has 0 saturated carbocycles. The number of rotatable bonds is 4. The molecule has 0 aliphatic heterocycles. The number of methoxy groups -OCH3 is 1. The van der Waals surface area contributed by atoms with Gasteiger partial charge in [0, 0.05) is 0 Å². The Labute approximate surface area is 144 Å². The largest absolute Gasteiger partial charge is 0.495 e. The van der Waals surface area contributed by atoms with Gasteiger partial charge in [0.25, 0.3) is 10.0 Å². The normalized spacial score (nSPS) is 11.3. The molecule has 1 N–H and O–H groups in total. The van der Waals surface area contributed by atoms with Gasteiger partial charge in [-0.2, -0.15) is 0 Å². The molecule has 2 aromatic carbocycles. The summed E-state index contributed by atoms with van der Waals surface area (Å²) in [5, 5.41) is 0.0968. The van der Waals surface area contributed by atoms with Gasteiger partial charge in [-0.1, -0.05) is 11.6 Å². The second-order valence-electron chi connectivity index (χ2n) is 4.12. The van der Waals surface area contributed by atoms with Crippen LogP contribution in [-0.4, -0.2) is 15.5 Å². The van der Waals surface area contributed by atoms with E-state index in [4.69, 9.17) is 16.3 Å². The van der Waals surface area contributed by atoms with Gasteiger partial charge in [0.15, 0.2) is 5.82 Å². The van der Waals surface area contributed by atoms with Gasteiger partial charge in [-0.15, -0.1) is 0 Å². The summed E-state index contributed by atoms with van der Waals surface area (Å²) in [6.07, 6.45) is 0. The predicted molar refractivity (Wildman–Crippen MR) is 87.9 cm³/mol. The molecule has 0 unspecified atom stereocenters. The number of benzene rings is 2. The maximum atomic E-state index is 13.9. The van der Waals surface area contributed by atoms with Gasteiger partial charge in [0.2, 0.25) is 0 Å². The van der Waals surface area contributed by atoms with Crippen LogP contribution in [0, 0.1) is 15.2 Å².